The molecule has 7 aromatic rings. The predicted octanol–water partition coefficient (Wildman–Crippen LogP) is 12.6. The molecule has 1 N–H and O–H groups in total. The van der Waals surface area contributed by atoms with Gasteiger partial charge >= 0.3 is 0 Å². The number of aromatic hydroxyl groups is 1. The van der Waals surface area contributed by atoms with Crippen molar-refractivity contribution in [3.63, 3.8) is 0 Å². The molecule has 0 unspecified atom stereocenters. The fourth-order valence-corrected chi connectivity index (χ4v) is 6.95. The molecule has 0 radical (unpaired) electrons. The van der Waals surface area contributed by atoms with E-state index in [0.29, 0.717) is 17.0 Å². The summed E-state index contributed by atoms with van der Waals surface area (Å²) in [5.41, 5.74) is 13.1. The third-order valence-corrected chi connectivity index (χ3v) is 10.2. The van der Waals surface area contributed by atoms with Crippen molar-refractivity contribution in [3.05, 3.63) is 144 Å². The van der Waals surface area contributed by atoms with Crippen LogP contribution in [-0.2, 0) is 16.2 Å². The highest BCUT2D eigenvalue weighted by molar-refractivity contribution is 5.97. The van der Waals surface area contributed by atoms with Gasteiger partial charge in [-0.05, 0) is 110 Å². The molecule has 0 atom stereocenters. The predicted molar refractivity (Wildman–Crippen MR) is 223 cm³/mol. The number of hydrogen-bond acceptors (Lipinski definition) is 4. The van der Waals surface area contributed by atoms with Crippen LogP contribution in [0.1, 0.15) is 84.6 Å². The topological polar surface area (TPSA) is 74.7 Å². The zero-order chi connectivity index (χ0) is 38.6. The summed E-state index contributed by atoms with van der Waals surface area (Å²) in [5, 5.41) is 21.2. The van der Waals surface area contributed by atoms with Crippen LogP contribution in [0.2, 0.25) is 0 Å². The number of aromatic nitrogens is 3. The first-order valence-corrected chi connectivity index (χ1v) is 18.6. The Morgan fingerprint density at radius 3 is 1.85 bits per heavy atom. The van der Waals surface area contributed by atoms with Crippen molar-refractivity contribution in [2.75, 3.05) is 0 Å². The van der Waals surface area contributed by atoms with Gasteiger partial charge < -0.3 is 5.11 Å². The van der Waals surface area contributed by atoms with E-state index in [1.54, 1.807) is 18.3 Å². The summed E-state index contributed by atoms with van der Waals surface area (Å²) in [5.74, 6) is 0.845. The van der Waals surface area contributed by atoms with Gasteiger partial charge in [-0.15, -0.1) is 0 Å². The first kappa shape index (κ1) is 36.4. The second-order valence-corrected chi connectivity index (χ2v) is 17.4. The number of nitrogens with zero attached hydrogens (tertiary/aromatic N) is 4. The fourth-order valence-electron chi connectivity index (χ4n) is 6.95. The standard InChI is InChI=1S/C49H48N4O/c1-47(2,3)36-18-19-44(54)41(29-36)46-52-45-40(16-13-17-43(45)53(46)39-14-11-10-12-15-39)34-23-32(24-35(25-34)42-22-31(30-50)20-21-51-42)33-26-37(48(4,5)6)28-38(27-33)49(7,8)9/h10-29,54H,1-9H3. The Morgan fingerprint density at radius 2 is 1.20 bits per heavy atom. The minimum atomic E-state index is -0.123. The number of imidazole rings is 1. The van der Waals surface area contributed by atoms with Gasteiger partial charge in [-0.2, -0.15) is 5.26 Å². The smallest absolute Gasteiger partial charge is 0.149 e. The average Bonchev–Trinajstić information content (AvgIpc) is 3.53. The minimum absolute atomic E-state index is 0.0543. The molecule has 0 spiro atoms. The maximum atomic E-state index is 11.4. The molecule has 0 bridgehead atoms. The number of phenols is 1. The molecule has 0 aliphatic rings. The van der Waals surface area contributed by atoms with Crippen LogP contribution in [0, 0.1) is 11.3 Å². The highest BCUT2D eigenvalue weighted by atomic mass is 16.3. The summed E-state index contributed by atoms with van der Waals surface area (Å²) in [4.78, 5) is 10.1. The quantitative estimate of drug-likeness (QED) is 0.193. The van der Waals surface area contributed by atoms with Crippen molar-refractivity contribution in [3.8, 4) is 62.4 Å². The van der Waals surface area contributed by atoms with E-state index in [-0.39, 0.29) is 22.0 Å². The Labute approximate surface area is 319 Å². The van der Waals surface area contributed by atoms with Gasteiger partial charge in [0.1, 0.15) is 11.6 Å². The SMILES string of the molecule is CC(C)(C)c1cc(-c2cc(-c3cc(C#N)ccn3)cc(-c3cccc4c3nc(-c3cc(C(C)(C)C)ccc3O)n4-c3ccccc3)c2)cc(C(C)(C)C)c1. The molecule has 54 heavy (non-hydrogen) atoms. The molecule has 2 aromatic heterocycles. The Kier molecular flexibility index (Phi) is 9.06. The third kappa shape index (κ3) is 7.05. The molecular formula is C49H48N4O. The van der Waals surface area contributed by atoms with Crippen LogP contribution < -0.4 is 0 Å². The van der Waals surface area contributed by atoms with Crippen LogP contribution in [0.15, 0.2) is 121 Å². The third-order valence-electron chi connectivity index (χ3n) is 10.2. The first-order chi connectivity index (χ1) is 25.5. The number of phenolic OH excluding ortho intramolecular Hbond substituents is 1. The summed E-state index contributed by atoms with van der Waals surface area (Å²) >= 11 is 0. The maximum absolute atomic E-state index is 11.4. The van der Waals surface area contributed by atoms with Gasteiger partial charge in [-0.1, -0.05) is 117 Å². The lowest BCUT2D eigenvalue weighted by atomic mass is 9.78. The van der Waals surface area contributed by atoms with Gasteiger partial charge in [0.25, 0.3) is 0 Å². The largest absolute Gasteiger partial charge is 0.507 e. The highest BCUT2D eigenvalue weighted by Crippen LogP contribution is 2.42. The van der Waals surface area contributed by atoms with Crippen LogP contribution in [0.3, 0.4) is 0 Å². The van der Waals surface area contributed by atoms with E-state index in [1.807, 2.05) is 30.3 Å². The molecule has 5 aromatic carbocycles. The number of pyridine rings is 1. The van der Waals surface area contributed by atoms with Crippen molar-refractivity contribution in [1.29, 1.82) is 5.26 Å². The molecule has 7 rings (SSSR count). The van der Waals surface area contributed by atoms with E-state index in [2.05, 4.69) is 146 Å². The van der Waals surface area contributed by atoms with E-state index in [4.69, 9.17) is 9.97 Å². The molecule has 0 saturated carbocycles. The molecule has 0 saturated heterocycles. The monoisotopic (exact) mass is 708 g/mol. The van der Waals surface area contributed by atoms with E-state index in [1.165, 1.54) is 11.1 Å². The number of hydrogen-bond donors (Lipinski definition) is 1. The van der Waals surface area contributed by atoms with Gasteiger partial charge in [0.05, 0.1) is 33.9 Å². The molecule has 270 valence electrons. The number of para-hydroxylation sites is 2. The van der Waals surface area contributed by atoms with Crippen LogP contribution in [0.25, 0.3) is 61.6 Å². The lowest BCUT2D eigenvalue weighted by molar-refractivity contribution is 0.475. The van der Waals surface area contributed by atoms with Crippen molar-refractivity contribution < 1.29 is 5.11 Å². The lowest BCUT2D eigenvalue weighted by Crippen LogP contribution is -2.16. The first-order valence-electron chi connectivity index (χ1n) is 18.6. The second-order valence-electron chi connectivity index (χ2n) is 17.4. The number of rotatable bonds is 5. The van der Waals surface area contributed by atoms with Crippen molar-refractivity contribution >= 4 is 11.0 Å². The molecule has 0 fully saturated rings. The average molecular weight is 709 g/mol. The van der Waals surface area contributed by atoms with Crippen LogP contribution in [0.4, 0.5) is 0 Å². The molecule has 5 nitrogen and oxygen atoms in total. The second kappa shape index (κ2) is 13.5. The van der Waals surface area contributed by atoms with Gasteiger partial charge in [0, 0.05) is 23.0 Å². The zero-order valence-corrected chi connectivity index (χ0v) is 32.8. The Bertz CT molecular complexity index is 2540. The summed E-state index contributed by atoms with van der Waals surface area (Å²) in [6.07, 6.45) is 1.70. The molecule has 0 aliphatic heterocycles. The summed E-state index contributed by atoms with van der Waals surface area (Å²) in [7, 11) is 0. The van der Waals surface area contributed by atoms with E-state index < -0.39 is 0 Å². The lowest BCUT2D eigenvalue weighted by Gasteiger charge is -2.26. The van der Waals surface area contributed by atoms with Crippen molar-refractivity contribution in [2.45, 2.75) is 78.6 Å². The van der Waals surface area contributed by atoms with E-state index in [9.17, 15) is 10.4 Å². The van der Waals surface area contributed by atoms with Gasteiger partial charge in [-0.25, -0.2) is 4.98 Å². The number of benzene rings is 5. The molecule has 0 amide bonds. The minimum Gasteiger partial charge on any atom is -0.507 e. The van der Waals surface area contributed by atoms with Crippen molar-refractivity contribution in [1.82, 2.24) is 14.5 Å². The van der Waals surface area contributed by atoms with Crippen LogP contribution >= 0.6 is 0 Å². The van der Waals surface area contributed by atoms with Gasteiger partial charge in [0.15, 0.2) is 0 Å². The number of fused-ring (bicyclic) bond motifs is 1. The summed E-state index contributed by atoms with van der Waals surface area (Å²) in [6, 6.07) is 41.7. The molecule has 2 heterocycles. The van der Waals surface area contributed by atoms with Crippen molar-refractivity contribution in [2.24, 2.45) is 0 Å². The highest BCUT2D eigenvalue weighted by Gasteiger charge is 2.24. The Balaban J connectivity index is 1.54. The zero-order valence-electron chi connectivity index (χ0n) is 32.8. The Morgan fingerprint density at radius 1 is 0.574 bits per heavy atom. The van der Waals surface area contributed by atoms with Gasteiger partial charge in [-0.3, -0.25) is 9.55 Å². The number of nitriles is 1. The van der Waals surface area contributed by atoms with Gasteiger partial charge in [0.2, 0.25) is 0 Å². The van der Waals surface area contributed by atoms with Crippen LogP contribution in [0.5, 0.6) is 5.75 Å². The fraction of sp³-hybridized carbons (Fsp3) is 0.245. The normalized spacial score (nSPS) is 12.2. The summed E-state index contributed by atoms with van der Waals surface area (Å²) < 4.78 is 2.14. The molecule has 5 heteroatoms. The van der Waals surface area contributed by atoms with E-state index in [0.717, 1.165) is 55.8 Å². The van der Waals surface area contributed by atoms with Crippen LogP contribution in [-0.4, -0.2) is 19.6 Å². The molecule has 0 aliphatic carbocycles. The van der Waals surface area contributed by atoms with E-state index >= 15 is 0 Å². The maximum Gasteiger partial charge on any atom is 0.149 e. The summed E-state index contributed by atoms with van der Waals surface area (Å²) in [6.45, 7) is 20.1. The molecular weight excluding hydrogens is 661 g/mol. The Hall–Kier alpha value is -5.99.